The zero-order valence-corrected chi connectivity index (χ0v) is 20.1. The van der Waals surface area contributed by atoms with Gasteiger partial charge in [-0.2, -0.15) is 0 Å². The van der Waals surface area contributed by atoms with Crippen molar-refractivity contribution in [1.29, 1.82) is 0 Å². The maximum atomic E-state index is 13.0. The number of hydroxylamine groups is 1. The van der Waals surface area contributed by atoms with Gasteiger partial charge in [0.05, 0.1) is 11.4 Å². The molecule has 0 fully saturated rings. The van der Waals surface area contributed by atoms with Gasteiger partial charge in [-0.25, -0.2) is 23.4 Å². The van der Waals surface area contributed by atoms with Crippen LogP contribution in [0, 0.1) is 6.92 Å². The molecule has 0 radical (unpaired) electrons. The number of rotatable bonds is 9. The smallest absolute Gasteiger partial charge is 0.319 e. The molecular formula is C24H25N3O5S2. The summed E-state index contributed by atoms with van der Waals surface area (Å²) in [6.07, 6.45) is 3.27. The van der Waals surface area contributed by atoms with Gasteiger partial charge in [-0.3, -0.25) is 10.0 Å². The lowest BCUT2D eigenvalue weighted by Crippen LogP contribution is -2.43. The van der Waals surface area contributed by atoms with Crippen molar-refractivity contribution < 1.29 is 23.2 Å². The number of urea groups is 1. The van der Waals surface area contributed by atoms with Crippen LogP contribution in [-0.2, 0) is 27.8 Å². The number of hydrogen-bond acceptors (Lipinski definition) is 6. The van der Waals surface area contributed by atoms with E-state index in [1.807, 2.05) is 37.3 Å². The Bertz CT molecular complexity index is 1250. The van der Waals surface area contributed by atoms with Crippen LogP contribution in [0.2, 0.25) is 0 Å². The number of aryl methyl sites for hydroxylation is 1. The highest BCUT2D eigenvalue weighted by Gasteiger charge is 2.22. The summed E-state index contributed by atoms with van der Waals surface area (Å²) >= 11 is 1.35. The molecule has 178 valence electrons. The summed E-state index contributed by atoms with van der Waals surface area (Å²) in [6.45, 7) is 2.34. The zero-order valence-electron chi connectivity index (χ0n) is 18.5. The molecule has 0 aliphatic carbocycles. The molecule has 3 amide bonds. The number of thiophene rings is 1. The molecule has 0 atom stereocenters. The summed E-state index contributed by atoms with van der Waals surface area (Å²) in [7, 11) is -4.03. The van der Waals surface area contributed by atoms with Crippen molar-refractivity contribution in [3.8, 4) is 0 Å². The first kappa shape index (κ1) is 25.2. The minimum Gasteiger partial charge on any atom is -0.319 e. The van der Waals surface area contributed by atoms with Crippen LogP contribution < -0.4 is 10.2 Å². The van der Waals surface area contributed by atoms with Crippen molar-refractivity contribution in [2.24, 2.45) is 0 Å². The van der Waals surface area contributed by atoms with Gasteiger partial charge in [-0.05, 0) is 49.2 Å². The second-order valence-electron chi connectivity index (χ2n) is 7.49. The Morgan fingerprint density at radius 2 is 1.74 bits per heavy atom. The van der Waals surface area contributed by atoms with Crippen LogP contribution in [0.3, 0.4) is 0 Å². The second-order valence-corrected chi connectivity index (χ2v) is 10.4. The predicted octanol–water partition coefficient (Wildman–Crippen LogP) is 3.72. The maximum Gasteiger partial charge on any atom is 0.331 e. The summed E-state index contributed by atoms with van der Waals surface area (Å²) < 4.78 is 27.7. The van der Waals surface area contributed by atoms with E-state index in [0.29, 0.717) is 13.0 Å². The molecule has 0 bridgehead atoms. The van der Waals surface area contributed by atoms with E-state index in [1.54, 1.807) is 24.3 Å². The molecule has 8 nitrogen and oxygen atoms in total. The van der Waals surface area contributed by atoms with Gasteiger partial charge in [0.25, 0.3) is 15.9 Å². The summed E-state index contributed by atoms with van der Waals surface area (Å²) in [4.78, 5) is 27.2. The van der Waals surface area contributed by atoms with Gasteiger partial charge >= 0.3 is 6.03 Å². The van der Waals surface area contributed by atoms with E-state index in [4.69, 9.17) is 5.21 Å². The van der Waals surface area contributed by atoms with E-state index in [2.05, 4.69) is 4.72 Å². The van der Waals surface area contributed by atoms with Gasteiger partial charge in [0, 0.05) is 22.4 Å². The molecule has 0 spiro atoms. The molecule has 34 heavy (non-hydrogen) atoms. The van der Waals surface area contributed by atoms with Crippen molar-refractivity contribution in [3.05, 3.63) is 93.7 Å². The Kier molecular flexibility index (Phi) is 8.58. The average molecular weight is 500 g/mol. The van der Waals surface area contributed by atoms with E-state index in [1.165, 1.54) is 46.0 Å². The highest BCUT2D eigenvalue weighted by Crippen LogP contribution is 2.20. The van der Waals surface area contributed by atoms with Crippen molar-refractivity contribution >= 4 is 39.4 Å². The quantitative estimate of drug-likeness (QED) is 0.236. The third-order valence-electron chi connectivity index (χ3n) is 4.89. The molecule has 0 aliphatic rings. The van der Waals surface area contributed by atoms with Gasteiger partial charge in [-0.15, -0.1) is 11.3 Å². The van der Waals surface area contributed by atoms with E-state index < -0.39 is 22.0 Å². The third-order valence-corrected chi connectivity index (χ3v) is 7.26. The van der Waals surface area contributed by atoms with Crippen LogP contribution in [0.4, 0.5) is 4.79 Å². The predicted molar refractivity (Wildman–Crippen MR) is 131 cm³/mol. The molecule has 1 heterocycles. The fraction of sp³-hybridized carbons (Fsp3) is 0.167. The Balaban J connectivity index is 1.76. The second kappa shape index (κ2) is 11.6. The van der Waals surface area contributed by atoms with Crippen molar-refractivity contribution in [2.75, 3.05) is 6.54 Å². The lowest BCUT2D eigenvalue weighted by Gasteiger charge is -2.22. The first-order valence-electron chi connectivity index (χ1n) is 10.4. The van der Waals surface area contributed by atoms with Crippen molar-refractivity contribution in [3.63, 3.8) is 0 Å². The van der Waals surface area contributed by atoms with E-state index in [-0.39, 0.29) is 11.4 Å². The minimum absolute atomic E-state index is 0.0140. The normalized spacial score (nSPS) is 11.4. The lowest BCUT2D eigenvalue weighted by molar-refractivity contribution is -0.124. The molecular weight excluding hydrogens is 474 g/mol. The maximum absolute atomic E-state index is 13.0. The van der Waals surface area contributed by atoms with Crippen LogP contribution in [0.1, 0.15) is 20.9 Å². The summed E-state index contributed by atoms with van der Waals surface area (Å²) in [5.74, 6) is -0.653. The third kappa shape index (κ3) is 7.27. The van der Waals surface area contributed by atoms with Gasteiger partial charge in [0.15, 0.2) is 0 Å². The molecule has 3 N–H and O–H groups in total. The number of hydrogen-bond donors (Lipinski definition) is 3. The molecule has 0 unspecified atom stereocenters. The molecule has 3 aromatic rings. The number of amides is 3. The standard InChI is InChI=1S/C24H25N3O5S2/c1-18-7-12-22(13-8-18)34(31,32)26-24(29)27(16-15-19-5-3-2-4-6-19)17-21-10-9-20(33-21)11-14-23(28)25-30/h2-14,30H,15-17H2,1H3,(H,25,28)(H,26,29)/b14-11+. The largest absolute Gasteiger partial charge is 0.331 e. The van der Waals surface area contributed by atoms with Crippen LogP contribution in [0.25, 0.3) is 6.08 Å². The first-order chi connectivity index (χ1) is 16.3. The topological polar surface area (TPSA) is 116 Å². The zero-order chi connectivity index (χ0) is 24.6. The fourth-order valence-corrected chi connectivity index (χ4v) is 4.97. The van der Waals surface area contributed by atoms with Gasteiger partial charge in [0.1, 0.15) is 0 Å². The number of nitrogens with zero attached hydrogens (tertiary/aromatic N) is 1. The highest BCUT2D eigenvalue weighted by atomic mass is 32.2. The number of sulfonamides is 1. The molecule has 2 aromatic carbocycles. The van der Waals surface area contributed by atoms with E-state index in [9.17, 15) is 18.0 Å². The first-order valence-corrected chi connectivity index (χ1v) is 12.7. The van der Waals surface area contributed by atoms with Crippen molar-refractivity contribution in [2.45, 2.75) is 24.8 Å². The Morgan fingerprint density at radius 3 is 2.41 bits per heavy atom. The summed E-state index contributed by atoms with van der Waals surface area (Å²) in [6, 6.07) is 18.7. The van der Waals surface area contributed by atoms with Crippen molar-refractivity contribution in [1.82, 2.24) is 15.1 Å². The SMILES string of the molecule is Cc1ccc(S(=O)(=O)NC(=O)N(CCc2ccccc2)Cc2ccc(/C=C/C(=O)NO)s2)cc1. The van der Waals surface area contributed by atoms with Gasteiger partial charge in [0.2, 0.25) is 0 Å². The Hall–Kier alpha value is -3.47. The lowest BCUT2D eigenvalue weighted by atomic mass is 10.1. The fourth-order valence-electron chi connectivity index (χ4n) is 3.07. The number of nitrogens with one attached hydrogen (secondary N) is 2. The average Bonchev–Trinajstić information content (AvgIpc) is 3.28. The van der Waals surface area contributed by atoms with Crippen LogP contribution in [-0.4, -0.2) is 37.0 Å². The van der Waals surface area contributed by atoms with Gasteiger partial charge < -0.3 is 4.90 Å². The number of carbonyl (C=O) groups is 2. The number of carbonyl (C=O) groups excluding carboxylic acids is 2. The molecule has 0 saturated carbocycles. The van der Waals surface area contributed by atoms with Crippen LogP contribution in [0.15, 0.2) is 77.7 Å². The van der Waals surface area contributed by atoms with Crippen LogP contribution >= 0.6 is 11.3 Å². The van der Waals surface area contributed by atoms with Gasteiger partial charge in [-0.1, -0.05) is 48.0 Å². The minimum atomic E-state index is -4.03. The number of benzene rings is 2. The monoisotopic (exact) mass is 499 g/mol. The molecule has 10 heteroatoms. The van der Waals surface area contributed by atoms with Crippen LogP contribution in [0.5, 0.6) is 0 Å². The Labute approximate surface area is 202 Å². The molecule has 0 aliphatic heterocycles. The van der Waals surface area contributed by atoms with E-state index in [0.717, 1.165) is 20.9 Å². The summed E-state index contributed by atoms with van der Waals surface area (Å²) in [5, 5.41) is 8.59. The highest BCUT2D eigenvalue weighted by molar-refractivity contribution is 7.90. The molecule has 1 aromatic heterocycles. The molecule has 0 saturated heterocycles. The Morgan fingerprint density at radius 1 is 1.03 bits per heavy atom. The summed E-state index contributed by atoms with van der Waals surface area (Å²) in [5.41, 5.74) is 3.45. The molecule has 3 rings (SSSR count). The van der Waals surface area contributed by atoms with E-state index >= 15 is 0 Å².